The third-order valence-electron chi connectivity index (χ3n) is 1.93. The number of hydrogen-bond donors (Lipinski definition) is 0. The van der Waals surface area contributed by atoms with Crippen LogP contribution >= 0.6 is 0 Å². The molecule has 0 bridgehead atoms. The Balaban J connectivity index is -0.000000282. The van der Waals surface area contributed by atoms with Crippen molar-refractivity contribution in [3.8, 4) is 0 Å². The van der Waals surface area contributed by atoms with Crippen molar-refractivity contribution in [2.24, 2.45) is 5.92 Å². The molecule has 0 fully saturated rings. The summed E-state index contributed by atoms with van der Waals surface area (Å²) >= 11 is 0. The zero-order valence-electron chi connectivity index (χ0n) is 9.40. The van der Waals surface area contributed by atoms with E-state index in [0.717, 1.165) is 6.92 Å². The van der Waals surface area contributed by atoms with Crippen LogP contribution in [-0.4, -0.2) is 17.7 Å². The first-order valence-corrected chi connectivity index (χ1v) is 4.42. The quantitative estimate of drug-likeness (QED) is 0.388. The summed E-state index contributed by atoms with van der Waals surface area (Å²) < 4.78 is 36.0. The normalized spacial score (nSPS) is 11.4. The maximum atomic E-state index is 12.0. The fourth-order valence-electron chi connectivity index (χ4n) is 1.12. The van der Waals surface area contributed by atoms with Crippen molar-refractivity contribution in [3.63, 3.8) is 0 Å². The van der Waals surface area contributed by atoms with Crippen molar-refractivity contribution in [2.75, 3.05) is 0 Å². The minimum atomic E-state index is -4.90. The molecule has 17 heavy (non-hydrogen) atoms. The molecule has 0 aliphatic carbocycles. The second-order valence-electron chi connectivity index (χ2n) is 3.17. The molecule has 1 atom stereocenters. The Bertz CT molecular complexity index is 235. The first-order chi connectivity index (χ1) is 6.30. The summed E-state index contributed by atoms with van der Waals surface area (Å²) in [7, 11) is 0. The number of Topliss-reactive ketones (excluding diaryl/α,β-unsaturated/α-hetero) is 2. The molecule has 0 aromatic heterocycles. The van der Waals surface area contributed by atoms with E-state index < -0.39 is 23.7 Å². The van der Waals surface area contributed by atoms with Gasteiger partial charge in [0.15, 0.2) is 0 Å². The molecule has 0 amide bonds. The molecular weight excluding hydrogens is 316 g/mol. The van der Waals surface area contributed by atoms with Gasteiger partial charge in [-0.1, -0.05) is 19.8 Å². The second-order valence-corrected chi connectivity index (χ2v) is 3.17. The Morgan fingerprint density at radius 2 is 1.59 bits per heavy atom. The van der Waals surface area contributed by atoms with Gasteiger partial charge in [0, 0.05) is 0 Å². The molecule has 0 spiro atoms. The number of halogens is 5. The van der Waals surface area contributed by atoms with Crippen LogP contribution in [-0.2, 0) is 31.3 Å². The van der Waals surface area contributed by atoms with E-state index in [1.165, 1.54) is 0 Å². The summed E-state index contributed by atoms with van der Waals surface area (Å²) in [6.45, 7) is 2.80. The summed E-state index contributed by atoms with van der Waals surface area (Å²) in [5.74, 6) is -4.13. The van der Waals surface area contributed by atoms with Gasteiger partial charge in [-0.2, -0.15) is 13.2 Å². The summed E-state index contributed by atoms with van der Waals surface area (Å²) in [5, 5.41) is 0. The molecule has 0 rings (SSSR count). The second kappa shape index (κ2) is 11.5. The van der Waals surface area contributed by atoms with Crippen molar-refractivity contribution >= 4 is 11.6 Å². The predicted octanol–water partition coefficient (Wildman–Crippen LogP) is -3.48. The van der Waals surface area contributed by atoms with Crippen LogP contribution in [0.1, 0.15) is 33.1 Å². The third-order valence-corrected chi connectivity index (χ3v) is 1.93. The molecule has 2 nitrogen and oxygen atoms in total. The molecule has 0 aromatic rings. The van der Waals surface area contributed by atoms with Gasteiger partial charge in [-0.15, -0.1) is 0 Å². The first kappa shape index (κ1) is 26.1. The van der Waals surface area contributed by atoms with Gasteiger partial charge in [-0.05, 0) is 13.3 Å². The van der Waals surface area contributed by atoms with Crippen LogP contribution in [0, 0.1) is 5.92 Å². The monoisotopic (exact) mass is 328 g/mol. The summed E-state index contributed by atoms with van der Waals surface area (Å²) in [5.41, 5.74) is 0. The number of rotatable bonds is 5. The van der Waals surface area contributed by atoms with Crippen LogP contribution in [0.2, 0.25) is 0 Å². The Hall–Kier alpha value is 0.424. The van der Waals surface area contributed by atoms with Crippen molar-refractivity contribution in [3.05, 3.63) is 0 Å². The minimum absolute atomic E-state index is 0. The molecule has 8 heteroatoms. The van der Waals surface area contributed by atoms with Crippen LogP contribution in [0.4, 0.5) is 13.2 Å². The van der Waals surface area contributed by atoms with Crippen molar-refractivity contribution in [1.82, 2.24) is 0 Å². The SMILES string of the molecule is CCCCC(C(C)=O)C(=O)C(F)(F)F.[Cl-].[Cl-].[Ti+2]. The smallest absolute Gasteiger partial charge is 1.00 e. The van der Waals surface area contributed by atoms with Gasteiger partial charge in [0.2, 0.25) is 5.78 Å². The summed E-state index contributed by atoms with van der Waals surface area (Å²) in [4.78, 5) is 21.6. The standard InChI is InChI=1S/C9H13F3O2.2ClH.Ti/c1-3-4-5-7(6(2)13)8(14)9(10,11)12;;;/h7H,3-5H2,1-2H3;2*1H;/q;;;+2/p-2. The average molecular weight is 329 g/mol. The number of hydrogen-bond acceptors (Lipinski definition) is 2. The van der Waals surface area contributed by atoms with E-state index in [1.54, 1.807) is 6.92 Å². The maximum absolute atomic E-state index is 12.0. The van der Waals surface area contributed by atoms with Gasteiger partial charge in [0.25, 0.3) is 0 Å². The fourth-order valence-corrected chi connectivity index (χ4v) is 1.12. The largest absolute Gasteiger partial charge is 2.00 e. The van der Waals surface area contributed by atoms with E-state index >= 15 is 0 Å². The van der Waals surface area contributed by atoms with Gasteiger partial charge < -0.3 is 24.8 Å². The molecular formula is C9H13Cl2F3O2Ti. The van der Waals surface area contributed by atoms with Crippen molar-refractivity contribution in [2.45, 2.75) is 39.3 Å². The Morgan fingerprint density at radius 1 is 1.18 bits per heavy atom. The maximum Gasteiger partial charge on any atom is 2.00 e. The Kier molecular flexibility index (Phi) is 17.7. The average Bonchev–Trinajstić information content (AvgIpc) is 2.02. The molecule has 100 valence electrons. The van der Waals surface area contributed by atoms with Gasteiger partial charge in [0.05, 0.1) is 5.92 Å². The molecule has 0 radical (unpaired) electrons. The topological polar surface area (TPSA) is 34.1 Å². The molecule has 0 aromatic carbocycles. The number of carbonyl (C=O) groups is 2. The Labute approximate surface area is 126 Å². The van der Waals surface area contributed by atoms with Crippen LogP contribution < -0.4 is 24.8 Å². The van der Waals surface area contributed by atoms with E-state index in [9.17, 15) is 22.8 Å². The van der Waals surface area contributed by atoms with Crippen LogP contribution in [0.25, 0.3) is 0 Å². The summed E-state index contributed by atoms with van der Waals surface area (Å²) in [6.07, 6.45) is -3.80. The van der Waals surface area contributed by atoms with Gasteiger partial charge >= 0.3 is 27.9 Å². The minimum Gasteiger partial charge on any atom is -1.00 e. The van der Waals surface area contributed by atoms with Gasteiger partial charge in [-0.25, -0.2) is 0 Å². The molecule has 0 saturated heterocycles. The molecule has 0 aliphatic heterocycles. The number of carbonyl (C=O) groups excluding carboxylic acids is 2. The molecule has 0 saturated carbocycles. The zero-order valence-corrected chi connectivity index (χ0v) is 12.5. The van der Waals surface area contributed by atoms with Crippen LogP contribution in [0.3, 0.4) is 0 Å². The van der Waals surface area contributed by atoms with E-state index in [4.69, 9.17) is 0 Å². The molecule has 0 heterocycles. The van der Waals surface area contributed by atoms with Crippen molar-refractivity contribution in [1.29, 1.82) is 0 Å². The van der Waals surface area contributed by atoms with Crippen LogP contribution in [0.15, 0.2) is 0 Å². The number of unbranched alkanes of at least 4 members (excludes halogenated alkanes) is 1. The van der Waals surface area contributed by atoms with Crippen LogP contribution in [0.5, 0.6) is 0 Å². The van der Waals surface area contributed by atoms with E-state index in [1.807, 2.05) is 0 Å². The van der Waals surface area contributed by atoms with E-state index in [-0.39, 0.29) is 53.0 Å². The van der Waals surface area contributed by atoms with Crippen molar-refractivity contribution < 1.29 is 69.3 Å². The third kappa shape index (κ3) is 10.1. The number of ketones is 2. The Morgan fingerprint density at radius 3 is 1.82 bits per heavy atom. The predicted molar refractivity (Wildman–Crippen MR) is 44.8 cm³/mol. The van der Waals surface area contributed by atoms with Gasteiger partial charge in [0.1, 0.15) is 5.78 Å². The molecule has 1 unspecified atom stereocenters. The molecule has 0 N–H and O–H groups in total. The van der Waals surface area contributed by atoms with E-state index in [0.29, 0.717) is 12.8 Å². The zero-order chi connectivity index (χ0) is 11.4. The molecule has 0 aliphatic rings. The summed E-state index contributed by atoms with van der Waals surface area (Å²) in [6, 6.07) is 0. The first-order valence-electron chi connectivity index (χ1n) is 4.42. The number of alkyl halides is 3. The van der Waals surface area contributed by atoms with E-state index in [2.05, 4.69) is 0 Å². The van der Waals surface area contributed by atoms with Gasteiger partial charge in [-0.3, -0.25) is 9.59 Å². The fraction of sp³-hybridized carbons (Fsp3) is 0.778.